The van der Waals surface area contributed by atoms with E-state index in [0.717, 1.165) is 53.1 Å². The summed E-state index contributed by atoms with van der Waals surface area (Å²) >= 11 is 0. The van der Waals surface area contributed by atoms with E-state index in [1.165, 1.54) is 5.69 Å². The number of likely N-dealkylation sites (N-methyl/N-ethyl adjacent to an activating group) is 2. The molecule has 356 valence electrons. The number of hydrogen-bond acceptors (Lipinski definition) is 8. The van der Waals surface area contributed by atoms with Crippen LogP contribution in [0.5, 0.6) is 11.5 Å². The highest BCUT2D eigenvalue weighted by Crippen LogP contribution is 2.46. The highest BCUT2D eigenvalue weighted by Gasteiger charge is 2.50. The number of nitrogens with zero attached hydrogens (tertiary/aromatic N) is 7. The number of ether oxygens (including phenoxy) is 2. The van der Waals surface area contributed by atoms with Gasteiger partial charge in [-0.05, 0) is 109 Å². The summed E-state index contributed by atoms with van der Waals surface area (Å²) in [5.74, 6) is 0.423. The number of Topliss-reactive ketones (excluding diaryl/α,β-unsaturated/α-hetero) is 1. The van der Waals surface area contributed by atoms with Gasteiger partial charge in [-0.15, -0.1) is 0 Å². The lowest BCUT2D eigenvalue weighted by Gasteiger charge is -2.50. The van der Waals surface area contributed by atoms with Gasteiger partial charge in [-0.2, -0.15) is 13.2 Å². The van der Waals surface area contributed by atoms with Gasteiger partial charge in [-0.1, -0.05) is 30.3 Å². The number of fused-ring (bicyclic) bond motifs is 4. The van der Waals surface area contributed by atoms with Crippen molar-refractivity contribution in [3.8, 4) is 22.6 Å². The third kappa shape index (κ3) is 8.85. The number of likely N-dealkylation sites (tertiary alicyclic amines) is 2. The largest absolute Gasteiger partial charge is 0.496 e. The number of methoxy groups -OCH3 is 1. The van der Waals surface area contributed by atoms with Crippen molar-refractivity contribution in [2.45, 2.75) is 89.8 Å². The molecule has 0 saturated carbocycles. The molecule has 12 nitrogen and oxygen atoms in total. The molecular weight excluding hydrogens is 867 g/mol. The molecule has 2 spiro atoms. The maximum Gasteiger partial charge on any atom is 0.431 e. The van der Waals surface area contributed by atoms with Crippen LogP contribution in [-0.4, -0.2) is 118 Å². The number of rotatable bonds is 7. The van der Waals surface area contributed by atoms with Crippen molar-refractivity contribution in [3.63, 3.8) is 0 Å². The van der Waals surface area contributed by atoms with Crippen LogP contribution >= 0.6 is 0 Å². The van der Waals surface area contributed by atoms with Crippen LogP contribution in [0.4, 0.5) is 17.6 Å². The summed E-state index contributed by atoms with van der Waals surface area (Å²) in [6.07, 6.45) is -2.28. The van der Waals surface area contributed by atoms with Crippen molar-refractivity contribution in [1.29, 1.82) is 0 Å². The number of amides is 2. The molecule has 7 heterocycles. The van der Waals surface area contributed by atoms with E-state index in [0.29, 0.717) is 68.6 Å². The summed E-state index contributed by atoms with van der Waals surface area (Å²) in [6, 6.07) is 23.7. The molecule has 4 aliphatic rings. The number of aromatic nitrogens is 3. The van der Waals surface area contributed by atoms with Crippen LogP contribution in [0.15, 0.2) is 78.9 Å². The number of aryl methyl sites for hydroxylation is 1. The Kier molecular flexibility index (Phi) is 13.2. The molecule has 2 aromatic carbocycles. The molecular formula is C51H59F4N7O5. The minimum atomic E-state index is -4.62. The molecule has 2 saturated heterocycles. The number of hydrogen-bond donors (Lipinski definition) is 0. The van der Waals surface area contributed by atoms with Crippen molar-refractivity contribution in [1.82, 2.24) is 33.7 Å². The summed E-state index contributed by atoms with van der Waals surface area (Å²) in [5, 5.41) is 0. The Morgan fingerprint density at radius 1 is 0.716 bits per heavy atom. The second-order valence-corrected chi connectivity index (χ2v) is 18.4. The van der Waals surface area contributed by atoms with E-state index < -0.39 is 23.2 Å². The standard InChI is InChI=1S/C28H31N3O3.C23H28F4N4O2/c1-20(32)24-10-12-26-28(29(2)17-18-31(24)26)13-15-30(16-14-28)27(33)22-9-11-25(34-3)23(19-22)21-7-5-4-6-8-21;1-14(2)33-18-6-5-17(28-15(18)3)21(32)30-9-7-22(8-10-30)20-16(24)13-19(23(25,26)27)31(20)12-11-29(22)4/h4-12,19H,13-18H2,1-3H3;5-6,13-14H,7-12H2,1-4H3. The molecule has 2 fully saturated rings. The third-order valence-corrected chi connectivity index (χ3v) is 14.3. The molecule has 9 rings (SSSR count). The molecule has 5 aromatic rings. The predicted molar refractivity (Wildman–Crippen MR) is 246 cm³/mol. The number of ketones is 1. The van der Waals surface area contributed by atoms with E-state index >= 15 is 0 Å². The van der Waals surface area contributed by atoms with Crippen LogP contribution in [0.2, 0.25) is 0 Å². The molecule has 0 aliphatic carbocycles. The Labute approximate surface area is 389 Å². The Morgan fingerprint density at radius 2 is 1.31 bits per heavy atom. The number of benzene rings is 2. The molecule has 16 heteroatoms. The summed E-state index contributed by atoms with van der Waals surface area (Å²) in [4.78, 5) is 51.0. The highest BCUT2D eigenvalue weighted by atomic mass is 19.4. The van der Waals surface area contributed by atoms with E-state index in [1.807, 2.05) is 78.2 Å². The van der Waals surface area contributed by atoms with E-state index in [9.17, 15) is 31.9 Å². The van der Waals surface area contributed by atoms with Crippen LogP contribution in [0, 0.1) is 12.7 Å². The van der Waals surface area contributed by atoms with Crippen molar-refractivity contribution < 1.29 is 41.4 Å². The van der Waals surface area contributed by atoms with Crippen molar-refractivity contribution >= 4 is 17.6 Å². The fourth-order valence-corrected chi connectivity index (χ4v) is 10.7. The minimum absolute atomic E-state index is 0.0185. The Bertz CT molecular complexity index is 2640. The molecule has 0 atom stereocenters. The lowest BCUT2D eigenvalue weighted by atomic mass is 9.81. The number of halogens is 4. The SMILES string of the molecule is COc1ccc(C(=O)N2CCC3(CC2)c2ccc(C(C)=O)n2CCN3C)cc1-c1ccccc1.Cc1nc(C(=O)N2CCC3(CC2)c2c(F)cc(C(F)(F)F)n2CCN3C)ccc1OC(C)C. The first kappa shape index (κ1) is 47.5. The van der Waals surface area contributed by atoms with Crippen molar-refractivity contribution in [3.05, 3.63) is 124 Å². The van der Waals surface area contributed by atoms with Crippen LogP contribution < -0.4 is 9.47 Å². The first-order valence-electron chi connectivity index (χ1n) is 22.9. The first-order valence-corrected chi connectivity index (χ1v) is 22.9. The zero-order chi connectivity index (χ0) is 48.0. The van der Waals surface area contributed by atoms with E-state index in [2.05, 4.69) is 27.6 Å². The summed E-state index contributed by atoms with van der Waals surface area (Å²) in [7, 11) is 5.62. The molecule has 0 bridgehead atoms. The monoisotopic (exact) mass is 925 g/mol. The number of carbonyl (C=O) groups is 3. The maximum atomic E-state index is 14.9. The third-order valence-electron chi connectivity index (χ3n) is 14.3. The minimum Gasteiger partial charge on any atom is -0.496 e. The molecule has 0 radical (unpaired) electrons. The van der Waals surface area contributed by atoms with Crippen LogP contribution in [-0.2, 0) is 30.3 Å². The fraction of sp³-hybridized carbons (Fsp3) is 0.451. The molecule has 0 N–H and O–H groups in total. The maximum absolute atomic E-state index is 14.9. The van der Waals surface area contributed by atoms with Crippen molar-refractivity contribution in [2.24, 2.45) is 0 Å². The van der Waals surface area contributed by atoms with Crippen LogP contribution in [0.3, 0.4) is 0 Å². The van der Waals surface area contributed by atoms with E-state index in [-0.39, 0.29) is 47.2 Å². The number of pyridine rings is 1. The first-order chi connectivity index (χ1) is 31.9. The topological polar surface area (TPSA) is 105 Å². The summed E-state index contributed by atoms with van der Waals surface area (Å²) in [5.41, 5.74) is 3.58. The van der Waals surface area contributed by atoms with Gasteiger partial charge in [0.15, 0.2) is 5.78 Å². The van der Waals surface area contributed by atoms with Gasteiger partial charge >= 0.3 is 6.18 Å². The lowest BCUT2D eigenvalue weighted by molar-refractivity contribution is -0.144. The van der Waals surface area contributed by atoms with E-state index in [4.69, 9.17) is 9.47 Å². The summed E-state index contributed by atoms with van der Waals surface area (Å²) in [6.45, 7) is 11.3. The average Bonchev–Trinajstić information content (AvgIpc) is 3.92. The van der Waals surface area contributed by atoms with Gasteiger partial charge in [0.1, 0.15) is 28.7 Å². The molecule has 67 heavy (non-hydrogen) atoms. The smallest absolute Gasteiger partial charge is 0.431 e. The van der Waals surface area contributed by atoms with Gasteiger partial charge in [-0.25, -0.2) is 9.37 Å². The van der Waals surface area contributed by atoms with E-state index in [1.54, 1.807) is 45.0 Å². The molecule has 2 amide bonds. The number of piperidine rings is 2. The van der Waals surface area contributed by atoms with Crippen molar-refractivity contribution in [2.75, 3.05) is 60.5 Å². The summed E-state index contributed by atoms with van der Waals surface area (Å²) < 4.78 is 69.7. The number of alkyl halides is 3. The van der Waals surface area contributed by atoms with Gasteiger partial charge in [-0.3, -0.25) is 24.2 Å². The normalized spacial score (nSPS) is 18.0. The predicted octanol–water partition coefficient (Wildman–Crippen LogP) is 8.66. The second kappa shape index (κ2) is 18.6. The zero-order valence-electron chi connectivity index (χ0n) is 39.3. The van der Waals surface area contributed by atoms with Gasteiger partial charge < -0.3 is 28.4 Å². The van der Waals surface area contributed by atoms with Crippen LogP contribution in [0.1, 0.15) is 101 Å². The Balaban J connectivity index is 0.000000182. The molecule has 0 unspecified atom stereocenters. The highest BCUT2D eigenvalue weighted by molar-refractivity contribution is 5.96. The second-order valence-electron chi connectivity index (χ2n) is 18.4. The zero-order valence-corrected chi connectivity index (χ0v) is 39.3. The number of carbonyl (C=O) groups excluding carboxylic acids is 3. The molecule has 3 aromatic heterocycles. The van der Waals surface area contributed by atoms with Gasteiger partial charge in [0, 0.05) is 82.2 Å². The lowest BCUT2D eigenvalue weighted by Crippen LogP contribution is -2.57. The van der Waals surface area contributed by atoms with Gasteiger partial charge in [0.25, 0.3) is 11.8 Å². The van der Waals surface area contributed by atoms with Gasteiger partial charge in [0.2, 0.25) is 0 Å². The molecule has 4 aliphatic heterocycles. The van der Waals surface area contributed by atoms with Gasteiger partial charge in [0.05, 0.1) is 41.4 Å². The fourth-order valence-electron chi connectivity index (χ4n) is 10.7. The van der Waals surface area contributed by atoms with Crippen LogP contribution in [0.25, 0.3) is 11.1 Å². The quantitative estimate of drug-likeness (QED) is 0.118. The average molecular weight is 926 g/mol. The Morgan fingerprint density at radius 3 is 1.91 bits per heavy atom. The Hall–Kier alpha value is -6.00.